The fourth-order valence-electron chi connectivity index (χ4n) is 2.18. The Morgan fingerprint density at radius 1 is 1.04 bits per heavy atom. The second-order valence-corrected chi connectivity index (χ2v) is 5.22. The first kappa shape index (κ1) is 17.5. The number of halogens is 1. The monoisotopic (exact) mass is 330 g/mol. The van der Waals surface area contributed by atoms with Gasteiger partial charge in [0.15, 0.2) is 0 Å². The van der Waals surface area contributed by atoms with Crippen LogP contribution in [0.4, 0.5) is 9.18 Å². The van der Waals surface area contributed by atoms with Gasteiger partial charge in [0.25, 0.3) is 0 Å². The van der Waals surface area contributed by atoms with Crippen LogP contribution in [0.15, 0.2) is 54.6 Å². The van der Waals surface area contributed by atoms with E-state index in [1.807, 2.05) is 30.3 Å². The Morgan fingerprint density at radius 3 is 2.33 bits per heavy atom. The van der Waals surface area contributed by atoms with E-state index in [4.69, 9.17) is 4.74 Å². The number of hydrogen-bond acceptors (Lipinski definition) is 3. The molecule has 2 N–H and O–H groups in total. The topological polar surface area (TPSA) is 67.4 Å². The molecule has 0 heterocycles. The standard InChI is InChI=1S/C18H19FN2O3/c1-24-17(22)16(11-13-5-3-2-4-6-13)21-18(23)20-12-14-7-9-15(19)10-8-14/h2-10,16H,11-12H2,1H3,(H2,20,21,23)/t16-/m0/s1. The number of ether oxygens (including phenoxy) is 1. The molecule has 0 unspecified atom stereocenters. The molecule has 0 bridgehead atoms. The summed E-state index contributed by atoms with van der Waals surface area (Å²) >= 11 is 0. The first-order chi connectivity index (χ1) is 11.6. The fourth-order valence-corrected chi connectivity index (χ4v) is 2.18. The minimum atomic E-state index is -0.786. The predicted molar refractivity (Wildman–Crippen MR) is 87.7 cm³/mol. The van der Waals surface area contributed by atoms with Crippen LogP contribution in [0.2, 0.25) is 0 Å². The molecule has 2 aromatic carbocycles. The molecule has 0 fully saturated rings. The molecule has 24 heavy (non-hydrogen) atoms. The molecule has 0 saturated heterocycles. The quantitative estimate of drug-likeness (QED) is 0.799. The first-order valence-corrected chi connectivity index (χ1v) is 7.49. The minimum absolute atomic E-state index is 0.228. The number of esters is 1. The van der Waals surface area contributed by atoms with Crippen molar-refractivity contribution in [3.63, 3.8) is 0 Å². The Morgan fingerprint density at radius 2 is 1.71 bits per heavy atom. The maximum Gasteiger partial charge on any atom is 0.328 e. The van der Waals surface area contributed by atoms with Crippen LogP contribution in [-0.4, -0.2) is 25.2 Å². The fraction of sp³-hybridized carbons (Fsp3) is 0.222. The summed E-state index contributed by atoms with van der Waals surface area (Å²) in [5.74, 6) is -0.854. The molecular formula is C18H19FN2O3. The van der Waals surface area contributed by atoms with Crippen LogP contribution in [0.25, 0.3) is 0 Å². The number of carbonyl (C=O) groups excluding carboxylic acids is 2. The summed E-state index contributed by atoms with van der Waals surface area (Å²) in [6, 6.07) is 13.9. The average molecular weight is 330 g/mol. The molecule has 2 amide bonds. The van der Waals surface area contributed by atoms with E-state index < -0.39 is 18.0 Å². The zero-order valence-corrected chi connectivity index (χ0v) is 13.3. The van der Waals surface area contributed by atoms with Crippen LogP contribution in [-0.2, 0) is 22.5 Å². The Hall–Kier alpha value is -2.89. The van der Waals surface area contributed by atoms with Crippen LogP contribution < -0.4 is 10.6 Å². The second kappa shape index (κ2) is 8.67. The van der Waals surface area contributed by atoms with E-state index in [0.29, 0.717) is 6.42 Å². The highest BCUT2D eigenvalue weighted by molar-refractivity contribution is 5.83. The Labute approximate surface area is 139 Å². The molecule has 0 aliphatic rings. The summed E-state index contributed by atoms with van der Waals surface area (Å²) in [6.45, 7) is 0.228. The first-order valence-electron chi connectivity index (χ1n) is 7.49. The maximum absolute atomic E-state index is 12.8. The van der Waals surface area contributed by atoms with Crippen molar-refractivity contribution in [1.29, 1.82) is 0 Å². The summed E-state index contributed by atoms with van der Waals surface area (Å²) < 4.78 is 17.6. The van der Waals surface area contributed by atoms with Crippen LogP contribution in [0.1, 0.15) is 11.1 Å². The van der Waals surface area contributed by atoms with Gasteiger partial charge in [-0.25, -0.2) is 14.0 Å². The van der Waals surface area contributed by atoms with Gasteiger partial charge in [0, 0.05) is 13.0 Å². The number of hydrogen-bond donors (Lipinski definition) is 2. The third-order valence-corrected chi connectivity index (χ3v) is 3.44. The zero-order chi connectivity index (χ0) is 17.4. The number of urea groups is 1. The van der Waals surface area contributed by atoms with E-state index in [0.717, 1.165) is 11.1 Å². The Balaban J connectivity index is 1.91. The Kier molecular flexibility index (Phi) is 6.31. The van der Waals surface area contributed by atoms with E-state index in [9.17, 15) is 14.0 Å². The lowest BCUT2D eigenvalue weighted by atomic mass is 10.1. The van der Waals surface area contributed by atoms with Gasteiger partial charge in [0.05, 0.1) is 7.11 Å². The summed E-state index contributed by atoms with van der Waals surface area (Å²) in [5, 5.41) is 5.23. The molecule has 2 rings (SSSR count). The van der Waals surface area contributed by atoms with Crippen LogP contribution in [0, 0.1) is 5.82 Å². The molecule has 0 aromatic heterocycles. The summed E-state index contributed by atoms with van der Waals surface area (Å²) in [5.41, 5.74) is 1.66. The van der Waals surface area contributed by atoms with Gasteiger partial charge in [-0.1, -0.05) is 42.5 Å². The van der Waals surface area contributed by atoms with Crippen LogP contribution in [0.3, 0.4) is 0 Å². The smallest absolute Gasteiger partial charge is 0.328 e. The third-order valence-electron chi connectivity index (χ3n) is 3.44. The third kappa shape index (κ3) is 5.39. The second-order valence-electron chi connectivity index (χ2n) is 5.22. The van der Waals surface area contributed by atoms with Crippen LogP contribution in [0.5, 0.6) is 0 Å². The zero-order valence-electron chi connectivity index (χ0n) is 13.3. The number of amides is 2. The minimum Gasteiger partial charge on any atom is -0.467 e. The lowest BCUT2D eigenvalue weighted by Crippen LogP contribution is -2.47. The van der Waals surface area contributed by atoms with Gasteiger partial charge in [0.1, 0.15) is 11.9 Å². The van der Waals surface area contributed by atoms with E-state index in [-0.39, 0.29) is 12.4 Å². The molecular weight excluding hydrogens is 311 g/mol. The lowest BCUT2D eigenvalue weighted by molar-refractivity contribution is -0.142. The van der Waals surface area contributed by atoms with Crippen molar-refractivity contribution in [1.82, 2.24) is 10.6 Å². The van der Waals surface area contributed by atoms with Crippen molar-refractivity contribution in [3.05, 3.63) is 71.5 Å². The lowest BCUT2D eigenvalue weighted by Gasteiger charge is -2.17. The molecule has 0 saturated carbocycles. The summed E-state index contributed by atoms with van der Waals surface area (Å²) in [6.07, 6.45) is 0.331. The van der Waals surface area contributed by atoms with Gasteiger partial charge in [-0.2, -0.15) is 0 Å². The van der Waals surface area contributed by atoms with Gasteiger partial charge in [-0.3, -0.25) is 0 Å². The number of methoxy groups -OCH3 is 1. The SMILES string of the molecule is COC(=O)[C@H](Cc1ccccc1)NC(=O)NCc1ccc(F)cc1. The van der Waals surface area contributed by atoms with Gasteiger partial charge >= 0.3 is 12.0 Å². The van der Waals surface area contributed by atoms with E-state index >= 15 is 0 Å². The average Bonchev–Trinajstić information content (AvgIpc) is 2.61. The normalized spacial score (nSPS) is 11.4. The molecule has 0 aliphatic heterocycles. The molecule has 0 aliphatic carbocycles. The van der Waals surface area contributed by atoms with Crippen molar-refractivity contribution < 1.29 is 18.7 Å². The largest absolute Gasteiger partial charge is 0.467 e. The van der Waals surface area contributed by atoms with E-state index in [1.54, 1.807) is 12.1 Å². The van der Waals surface area contributed by atoms with Gasteiger partial charge < -0.3 is 15.4 Å². The van der Waals surface area contributed by atoms with Gasteiger partial charge in [0.2, 0.25) is 0 Å². The van der Waals surface area contributed by atoms with E-state index in [2.05, 4.69) is 10.6 Å². The number of benzene rings is 2. The Bertz CT molecular complexity index is 674. The maximum atomic E-state index is 12.8. The van der Waals surface area contributed by atoms with Crippen molar-refractivity contribution in [2.75, 3.05) is 7.11 Å². The molecule has 6 heteroatoms. The van der Waals surface area contributed by atoms with Crippen molar-refractivity contribution in [3.8, 4) is 0 Å². The highest BCUT2D eigenvalue weighted by Gasteiger charge is 2.21. The van der Waals surface area contributed by atoms with Crippen molar-refractivity contribution in [2.45, 2.75) is 19.0 Å². The van der Waals surface area contributed by atoms with Gasteiger partial charge in [-0.05, 0) is 23.3 Å². The van der Waals surface area contributed by atoms with E-state index in [1.165, 1.54) is 19.2 Å². The molecule has 5 nitrogen and oxygen atoms in total. The molecule has 0 radical (unpaired) electrons. The summed E-state index contributed by atoms with van der Waals surface area (Å²) in [4.78, 5) is 23.9. The predicted octanol–water partition coefficient (Wildman–Crippen LogP) is 2.41. The molecule has 0 spiro atoms. The van der Waals surface area contributed by atoms with Crippen molar-refractivity contribution >= 4 is 12.0 Å². The highest BCUT2D eigenvalue weighted by Crippen LogP contribution is 2.05. The van der Waals surface area contributed by atoms with Crippen LogP contribution >= 0.6 is 0 Å². The highest BCUT2D eigenvalue weighted by atomic mass is 19.1. The van der Waals surface area contributed by atoms with Gasteiger partial charge in [-0.15, -0.1) is 0 Å². The molecule has 2 aromatic rings. The number of rotatable bonds is 6. The van der Waals surface area contributed by atoms with Crippen molar-refractivity contribution in [2.24, 2.45) is 0 Å². The number of nitrogens with one attached hydrogen (secondary N) is 2. The number of carbonyl (C=O) groups is 2. The molecule has 126 valence electrons. The summed E-state index contributed by atoms with van der Waals surface area (Å²) in [7, 11) is 1.28. The molecule has 1 atom stereocenters.